The van der Waals surface area contributed by atoms with Crippen molar-refractivity contribution in [3.63, 3.8) is 0 Å². The van der Waals surface area contributed by atoms with Crippen LogP contribution in [0.25, 0.3) is 34.5 Å². The molecule has 0 spiro atoms. The van der Waals surface area contributed by atoms with Gasteiger partial charge < -0.3 is 9.67 Å². The zero-order valence-electron chi connectivity index (χ0n) is 22.6. The van der Waals surface area contributed by atoms with E-state index in [0.717, 1.165) is 33.8 Å². The lowest BCUT2D eigenvalue weighted by Crippen LogP contribution is -2.02. The van der Waals surface area contributed by atoms with Crippen LogP contribution < -0.4 is 0 Å². The molecule has 0 unspecified atom stereocenters. The number of carboxylic acids is 1. The number of imidazole rings is 1. The van der Waals surface area contributed by atoms with Gasteiger partial charge in [-0.3, -0.25) is 0 Å². The van der Waals surface area contributed by atoms with Crippen LogP contribution in [0.3, 0.4) is 0 Å². The molecule has 1 heterocycles. The third-order valence-electron chi connectivity index (χ3n) is 6.46. The Morgan fingerprint density at radius 3 is 2.17 bits per heavy atom. The van der Waals surface area contributed by atoms with Gasteiger partial charge in [0.1, 0.15) is 5.82 Å². The first-order valence-electron chi connectivity index (χ1n) is 13.2. The van der Waals surface area contributed by atoms with E-state index in [4.69, 9.17) is 28.2 Å². The van der Waals surface area contributed by atoms with Crippen LogP contribution in [0.5, 0.6) is 0 Å². The molecule has 41 heavy (non-hydrogen) atoms. The third kappa shape index (κ3) is 7.31. The van der Waals surface area contributed by atoms with Gasteiger partial charge in [-0.15, -0.1) is 11.8 Å². The van der Waals surface area contributed by atoms with E-state index >= 15 is 0 Å². The minimum Gasteiger partial charge on any atom is -0.478 e. The highest BCUT2D eigenvalue weighted by Gasteiger charge is 2.12. The fourth-order valence-corrected chi connectivity index (χ4v) is 5.76. The Morgan fingerprint density at radius 2 is 1.56 bits per heavy atom. The Kier molecular flexibility index (Phi) is 8.99. The van der Waals surface area contributed by atoms with Crippen LogP contribution in [0.4, 0.5) is 0 Å². The predicted octanol–water partition coefficient (Wildman–Crippen LogP) is 9.94. The molecular formula is C34H28Cl2N2O2S. The average Bonchev–Trinajstić information content (AvgIpc) is 3.34. The Balaban J connectivity index is 1.41. The summed E-state index contributed by atoms with van der Waals surface area (Å²) >= 11 is 14.5. The van der Waals surface area contributed by atoms with Crippen molar-refractivity contribution >= 4 is 53.1 Å². The summed E-state index contributed by atoms with van der Waals surface area (Å²) in [5.74, 6) is -0.203. The van der Waals surface area contributed by atoms with E-state index in [-0.39, 0.29) is 5.56 Å². The summed E-state index contributed by atoms with van der Waals surface area (Å²) in [6.45, 7) is 4.91. The molecule has 206 valence electrons. The topological polar surface area (TPSA) is 55.1 Å². The number of thioether (sulfide) groups is 1. The molecular weight excluding hydrogens is 571 g/mol. The van der Waals surface area contributed by atoms with Gasteiger partial charge in [0, 0.05) is 33.5 Å². The quantitative estimate of drug-likeness (QED) is 0.171. The van der Waals surface area contributed by atoms with Gasteiger partial charge in [0.15, 0.2) is 0 Å². The second kappa shape index (κ2) is 12.8. The van der Waals surface area contributed by atoms with Crippen molar-refractivity contribution in [2.45, 2.75) is 30.5 Å². The van der Waals surface area contributed by atoms with E-state index in [2.05, 4.69) is 62.4 Å². The van der Waals surface area contributed by atoms with Crippen LogP contribution in [-0.4, -0.2) is 25.9 Å². The van der Waals surface area contributed by atoms with Crippen LogP contribution in [0.2, 0.25) is 10.0 Å². The molecule has 0 radical (unpaired) electrons. The zero-order chi connectivity index (χ0) is 28.9. The Morgan fingerprint density at radius 1 is 0.902 bits per heavy atom. The number of aromatic nitrogens is 2. The van der Waals surface area contributed by atoms with Gasteiger partial charge in [-0.2, -0.15) is 0 Å². The highest BCUT2D eigenvalue weighted by Crippen LogP contribution is 2.31. The summed E-state index contributed by atoms with van der Waals surface area (Å²) < 4.78 is 2.03. The molecule has 0 aliphatic carbocycles. The first-order chi connectivity index (χ1) is 19.7. The first kappa shape index (κ1) is 28.7. The maximum absolute atomic E-state index is 11.3. The highest BCUT2D eigenvalue weighted by atomic mass is 35.5. The molecule has 0 saturated carbocycles. The molecule has 0 atom stereocenters. The van der Waals surface area contributed by atoms with Crippen LogP contribution in [0, 0.1) is 0 Å². The number of carboxylic acid groups (broad SMARTS) is 1. The smallest absolute Gasteiger partial charge is 0.335 e. The number of hydrogen-bond acceptors (Lipinski definition) is 3. The summed E-state index contributed by atoms with van der Waals surface area (Å²) in [6, 6.07) is 29.3. The molecule has 0 amide bonds. The van der Waals surface area contributed by atoms with E-state index in [0.29, 0.717) is 21.8 Å². The monoisotopic (exact) mass is 598 g/mol. The fourth-order valence-electron chi connectivity index (χ4n) is 4.42. The number of aromatic carboxylic acids is 1. The van der Waals surface area contributed by atoms with E-state index in [1.807, 2.05) is 52.9 Å². The molecule has 1 aromatic heterocycles. The number of nitrogens with zero attached hydrogens (tertiary/aromatic N) is 2. The summed E-state index contributed by atoms with van der Waals surface area (Å²) in [4.78, 5) is 17.4. The normalized spacial score (nSPS) is 11.4. The first-order valence-corrected chi connectivity index (χ1v) is 14.8. The van der Waals surface area contributed by atoms with Crippen LogP contribution >= 0.6 is 35.0 Å². The standard InChI is InChI=1S/C34H28Cl2N2O2S/c1-22(2)41-29-15-12-26(13-16-29)25-8-3-23(4-9-25)7-18-33-37-32(30-17-14-28(35)19-31(30)36)21-38(33)20-24-5-10-27(11-6-24)34(39)40/h3-19,21-22H,20H2,1-2H3,(H,39,40). The third-order valence-corrected chi connectivity index (χ3v) is 8.03. The predicted molar refractivity (Wildman–Crippen MR) is 172 cm³/mol. The van der Waals surface area contributed by atoms with Crippen LogP contribution in [0.15, 0.2) is 102 Å². The van der Waals surface area contributed by atoms with Crippen molar-refractivity contribution < 1.29 is 9.90 Å². The van der Waals surface area contributed by atoms with E-state index in [1.165, 1.54) is 10.5 Å². The lowest BCUT2D eigenvalue weighted by molar-refractivity contribution is 0.0697. The van der Waals surface area contributed by atoms with Crippen molar-refractivity contribution in [2.75, 3.05) is 0 Å². The molecule has 0 aliphatic rings. The largest absolute Gasteiger partial charge is 0.478 e. The Hall–Kier alpha value is -3.77. The maximum Gasteiger partial charge on any atom is 0.335 e. The Bertz CT molecular complexity index is 1690. The van der Waals surface area contributed by atoms with Crippen molar-refractivity contribution in [2.24, 2.45) is 0 Å². The number of rotatable bonds is 9. The van der Waals surface area contributed by atoms with Gasteiger partial charge in [-0.1, -0.05) is 91.7 Å². The van der Waals surface area contributed by atoms with Crippen molar-refractivity contribution in [1.82, 2.24) is 9.55 Å². The van der Waals surface area contributed by atoms with E-state index < -0.39 is 5.97 Å². The molecule has 4 nitrogen and oxygen atoms in total. The number of benzene rings is 4. The fraction of sp³-hybridized carbons (Fsp3) is 0.118. The van der Waals surface area contributed by atoms with Crippen LogP contribution in [0.1, 0.15) is 41.2 Å². The molecule has 0 bridgehead atoms. The second-order valence-corrected chi connectivity index (χ2v) is 12.4. The minimum absolute atomic E-state index is 0.252. The SMILES string of the molecule is CC(C)Sc1ccc(-c2ccc(C=Cc3nc(-c4ccc(Cl)cc4Cl)cn3Cc3ccc(C(=O)O)cc3)cc2)cc1. The van der Waals surface area contributed by atoms with Gasteiger partial charge in [0.25, 0.3) is 0 Å². The molecule has 4 aromatic carbocycles. The van der Waals surface area contributed by atoms with Crippen LogP contribution in [-0.2, 0) is 6.54 Å². The van der Waals surface area contributed by atoms with Crippen molar-refractivity contribution in [3.05, 3.63) is 130 Å². The minimum atomic E-state index is -0.948. The zero-order valence-corrected chi connectivity index (χ0v) is 24.9. The summed E-state index contributed by atoms with van der Waals surface area (Å²) in [5.41, 5.74) is 6.11. The average molecular weight is 600 g/mol. The lowest BCUT2D eigenvalue weighted by Gasteiger charge is -2.07. The molecule has 0 fully saturated rings. The maximum atomic E-state index is 11.3. The van der Waals surface area contributed by atoms with E-state index in [1.54, 1.807) is 24.3 Å². The molecule has 1 N–H and O–H groups in total. The van der Waals surface area contributed by atoms with Gasteiger partial charge in [0.05, 0.1) is 16.3 Å². The Labute approximate surface area is 254 Å². The molecule has 7 heteroatoms. The lowest BCUT2D eigenvalue weighted by atomic mass is 10.0. The summed E-state index contributed by atoms with van der Waals surface area (Å²) in [7, 11) is 0. The van der Waals surface area contributed by atoms with Gasteiger partial charge in [-0.05, 0) is 70.8 Å². The molecule has 0 saturated heterocycles. The molecule has 5 rings (SSSR count). The van der Waals surface area contributed by atoms with Crippen molar-refractivity contribution in [3.8, 4) is 22.4 Å². The highest BCUT2D eigenvalue weighted by molar-refractivity contribution is 7.99. The van der Waals surface area contributed by atoms with Crippen molar-refractivity contribution in [1.29, 1.82) is 0 Å². The number of carbonyl (C=O) groups is 1. The van der Waals surface area contributed by atoms with Gasteiger partial charge in [-0.25, -0.2) is 9.78 Å². The van der Waals surface area contributed by atoms with Gasteiger partial charge >= 0.3 is 5.97 Å². The summed E-state index contributed by atoms with van der Waals surface area (Å²) in [5, 5.41) is 10.9. The second-order valence-electron chi connectivity index (χ2n) is 9.88. The molecule has 0 aliphatic heterocycles. The summed E-state index contributed by atoms with van der Waals surface area (Å²) in [6.07, 6.45) is 5.96. The number of halogens is 2. The van der Waals surface area contributed by atoms with Gasteiger partial charge in [0.2, 0.25) is 0 Å². The number of hydrogen-bond donors (Lipinski definition) is 1. The van der Waals surface area contributed by atoms with E-state index in [9.17, 15) is 9.90 Å². The molecule has 5 aromatic rings.